The fourth-order valence-electron chi connectivity index (χ4n) is 2.87. The van der Waals surface area contributed by atoms with Gasteiger partial charge in [0.15, 0.2) is 0 Å². The molecule has 0 radical (unpaired) electrons. The summed E-state index contributed by atoms with van der Waals surface area (Å²) in [6.07, 6.45) is 2.48. The van der Waals surface area contributed by atoms with E-state index >= 15 is 0 Å². The van der Waals surface area contributed by atoms with Gasteiger partial charge in [-0.25, -0.2) is 4.79 Å². The van der Waals surface area contributed by atoms with E-state index in [2.05, 4.69) is 0 Å². The Morgan fingerprint density at radius 3 is 2.29 bits per heavy atom. The lowest BCUT2D eigenvalue weighted by atomic mass is 10.00. The summed E-state index contributed by atoms with van der Waals surface area (Å²) in [6, 6.07) is -0.237. The quantitative estimate of drug-likeness (QED) is 0.512. The van der Waals surface area contributed by atoms with Crippen LogP contribution in [0.25, 0.3) is 0 Å². The number of aliphatic hydroxyl groups excluding tert-OH is 2. The molecule has 0 aliphatic carbocycles. The Kier molecular flexibility index (Phi) is 3.51. The van der Waals surface area contributed by atoms with Crippen LogP contribution >= 0.6 is 0 Å². The van der Waals surface area contributed by atoms with E-state index in [9.17, 15) is 15.0 Å². The maximum atomic E-state index is 11.3. The predicted octanol–water partition coefficient (Wildman–Crippen LogP) is -0.328. The fourth-order valence-corrected chi connectivity index (χ4v) is 2.87. The molecule has 5 heteroatoms. The van der Waals surface area contributed by atoms with Crippen LogP contribution < -0.4 is 0 Å². The third-order valence-electron chi connectivity index (χ3n) is 3.78. The summed E-state index contributed by atoms with van der Waals surface area (Å²) >= 11 is 0. The minimum atomic E-state index is -0.740. The summed E-state index contributed by atoms with van der Waals surface area (Å²) in [5.74, 6) is -0.356. The van der Waals surface area contributed by atoms with Crippen LogP contribution in [0, 0.1) is 0 Å². The number of allylic oxidation sites excluding steroid dienone is 1. The summed E-state index contributed by atoms with van der Waals surface area (Å²) in [5.41, 5.74) is 0. The van der Waals surface area contributed by atoms with Gasteiger partial charge in [-0.05, 0) is 14.0 Å². The average Bonchev–Trinajstić information content (AvgIpc) is 2.42. The Bertz CT molecular complexity index is 304. The summed E-state index contributed by atoms with van der Waals surface area (Å²) in [6.45, 7) is 1.76. The molecular weight excluding hydrogens is 222 g/mol. The second-order valence-corrected chi connectivity index (χ2v) is 4.81. The fraction of sp³-hybridized carbons (Fsp3) is 0.750. The molecule has 0 saturated carbocycles. The highest BCUT2D eigenvalue weighted by Crippen LogP contribution is 2.36. The van der Waals surface area contributed by atoms with E-state index in [-0.39, 0.29) is 24.2 Å². The van der Waals surface area contributed by atoms with Gasteiger partial charge in [0.2, 0.25) is 0 Å². The number of carbonyl (C=O) groups is 1. The number of nitrogens with zero attached hydrogens (tertiary/aromatic N) is 1. The number of aliphatic hydroxyl groups is 2. The first-order valence-electron chi connectivity index (χ1n) is 5.96. The molecule has 2 bridgehead atoms. The molecule has 0 aromatic heterocycles. The lowest BCUT2D eigenvalue weighted by Crippen LogP contribution is -2.45. The average molecular weight is 241 g/mol. The van der Waals surface area contributed by atoms with Gasteiger partial charge in [0, 0.05) is 31.0 Å². The van der Waals surface area contributed by atoms with E-state index in [1.807, 2.05) is 11.9 Å². The first-order valence-corrected chi connectivity index (χ1v) is 5.96. The third-order valence-corrected chi connectivity index (χ3v) is 3.78. The molecule has 2 fully saturated rings. The third kappa shape index (κ3) is 2.22. The summed E-state index contributed by atoms with van der Waals surface area (Å²) in [5, 5.41) is 19.7. The molecule has 0 aromatic rings. The van der Waals surface area contributed by atoms with Gasteiger partial charge < -0.3 is 14.9 Å². The summed E-state index contributed by atoms with van der Waals surface area (Å²) in [7, 11) is 1.89. The van der Waals surface area contributed by atoms with Crippen LogP contribution in [0.1, 0.15) is 19.8 Å². The highest BCUT2D eigenvalue weighted by molar-refractivity contribution is 5.81. The largest absolute Gasteiger partial charge is 0.459 e. The molecule has 0 spiro atoms. The van der Waals surface area contributed by atoms with Crippen molar-refractivity contribution in [2.24, 2.45) is 0 Å². The first kappa shape index (κ1) is 12.5. The number of hydrogen-bond donors (Lipinski definition) is 2. The number of hydrogen-bond acceptors (Lipinski definition) is 5. The van der Waals surface area contributed by atoms with E-state index < -0.39 is 12.2 Å². The van der Waals surface area contributed by atoms with Gasteiger partial charge >= 0.3 is 5.97 Å². The lowest BCUT2D eigenvalue weighted by molar-refractivity contribution is -0.146. The molecule has 2 N–H and O–H groups in total. The van der Waals surface area contributed by atoms with Gasteiger partial charge in [0.25, 0.3) is 0 Å². The van der Waals surface area contributed by atoms with Gasteiger partial charge in [0.05, 0.1) is 12.2 Å². The number of ether oxygens (including phenoxy) is 1. The maximum Gasteiger partial charge on any atom is 0.330 e. The van der Waals surface area contributed by atoms with Crippen LogP contribution in [0.2, 0.25) is 0 Å². The summed E-state index contributed by atoms with van der Waals surface area (Å²) in [4.78, 5) is 13.3. The van der Waals surface area contributed by atoms with Crippen LogP contribution in [0.4, 0.5) is 0 Å². The van der Waals surface area contributed by atoms with E-state index in [1.54, 1.807) is 13.0 Å². The predicted molar refractivity (Wildman–Crippen MR) is 61.3 cm³/mol. The lowest BCUT2D eigenvalue weighted by Gasteiger charge is -2.35. The maximum absolute atomic E-state index is 11.3. The molecule has 0 amide bonds. The molecule has 2 saturated heterocycles. The summed E-state index contributed by atoms with van der Waals surface area (Å²) < 4.78 is 5.28. The number of fused-ring (bicyclic) bond motifs is 2. The monoisotopic (exact) mass is 241 g/mol. The van der Waals surface area contributed by atoms with Crippen molar-refractivity contribution in [3.63, 3.8) is 0 Å². The van der Waals surface area contributed by atoms with Crippen LogP contribution in [-0.2, 0) is 9.53 Å². The Balaban J connectivity index is 2.00. The van der Waals surface area contributed by atoms with Gasteiger partial charge in [0.1, 0.15) is 6.10 Å². The molecule has 0 aromatic carbocycles. The molecule has 2 aliphatic heterocycles. The minimum Gasteiger partial charge on any atom is -0.459 e. The Hall–Kier alpha value is -0.910. The van der Waals surface area contributed by atoms with Crippen molar-refractivity contribution >= 4 is 5.97 Å². The van der Waals surface area contributed by atoms with Crippen molar-refractivity contribution < 1.29 is 19.7 Å². The first-order chi connectivity index (χ1) is 8.04. The van der Waals surface area contributed by atoms with Gasteiger partial charge in [-0.3, -0.25) is 4.90 Å². The molecular formula is C12H19NO4. The van der Waals surface area contributed by atoms with Gasteiger partial charge in [-0.2, -0.15) is 0 Å². The highest BCUT2D eigenvalue weighted by Gasteiger charge is 2.51. The Morgan fingerprint density at radius 2 is 1.82 bits per heavy atom. The van der Waals surface area contributed by atoms with E-state index in [1.165, 1.54) is 6.08 Å². The highest BCUT2D eigenvalue weighted by atomic mass is 16.5. The topological polar surface area (TPSA) is 70.0 Å². The van der Waals surface area contributed by atoms with Crippen molar-refractivity contribution in [3.05, 3.63) is 12.2 Å². The van der Waals surface area contributed by atoms with Gasteiger partial charge in [-0.15, -0.1) is 0 Å². The molecule has 2 aliphatic rings. The molecule has 96 valence electrons. The smallest absolute Gasteiger partial charge is 0.330 e. The van der Waals surface area contributed by atoms with Crippen LogP contribution in [0.15, 0.2) is 12.2 Å². The number of likely N-dealkylation sites (N-methyl/N-ethyl adjacent to an activating group) is 1. The van der Waals surface area contributed by atoms with Gasteiger partial charge in [-0.1, -0.05) is 6.08 Å². The van der Waals surface area contributed by atoms with Crippen molar-refractivity contribution in [1.29, 1.82) is 0 Å². The number of carbonyl (C=O) groups excluding carboxylic acids is 1. The SMILES string of the molecule is CC=CC(=O)OC1CC2C(O)C(O)C(C1)N2C. The van der Waals surface area contributed by atoms with E-state index in [4.69, 9.17) is 4.74 Å². The number of rotatable bonds is 2. The molecule has 2 heterocycles. The van der Waals surface area contributed by atoms with E-state index in [0.717, 1.165) is 0 Å². The minimum absolute atomic E-state index is 0.118. The number of piperidine rings is 1. The molecule has 4 unspecified atom stereocenters. The Morgan fingerprint density at radius 1 is 1.29 bits per heavy atom. The zero-order valence-electron chi connectivity index (χ0n) is 10.1. The zero-order valence-corrected chi connectivity index (χ0v) is 10.1. The second-order valence-electron chi connectivity index (χ2n) is 4.81. The van der Waals surface area contributed by atoms with Crippen LogP contribution in [0.5, 0.6) is 0 Å². The molecule has 4 atom stereocenters. The van der Waals surface area contributed by atoms with Crippen molar-refractivity contribution in [2.75, 3.05) is 7.05 Å². The Labute approximate surface area is 101 Å². The van der Waals surface area contributed by atoms with Crippen LogP contribution in [0.3, 0.4) is 0 Å². The van der Waals surface area contributed by atoms with Crippen molar-refractivity contribution in [1.82, 2.24) is 4.90 Å². The number of esters is 1. The second kappa shape index (κ2) is 4.76. The molecule has 2 rings (SSSR count). The molecule has 5 nitrogen and oxygen atoms in total. The van der Waals surface area contributed by atoms with E-state index in [0.29, 0.717) is 12.8 Å². The standard InChI is InChI=1S/C12H19NO4/c1-3-4-10(14)17-7-5-8-11(15)12(16)9(6-7)13(8)2/h3-4,7-9,11-12,15-16H,5-6H2,1-2H3. The zero-order chi connectivity index (χ0) is 12.6. The van der Waals surface area contributed by atoms with Crippen molar-refractivity contribution in [2.45, 2.75) is 50.2 Å². The molecule has 17 heavy (non-hydrogen) atoms. The van der Waals surface area contributed by atoms with Crippen LogP contribution in [-0.4, -0.2) is 58.5 Å². The normalized spacial score (nSPS) is 42.0. The van der Waals surface area contributed by atoms with Crippen molar-refractivity contribution in [3.8, 4) is 0 Å².